The molecule has 7 aromatic carbocycles. The van der Waals surface area contributed by atoms with Gasteiger partial charge in [0.2, 0.25) is 0 Å². The van der Waals surface area contributed by atoms with Gasteiger partial charge in [-0.1, -0.05) is 146 Å². The van der Waals surface area contributed by atoms with Crippen molar-refractivity contribution in [3.05, 3.63) is 152 Å². The Hall–Kier alpha value is -5.67. The molecule has 3 heteroatoms. The number of benzene rings is 7. The van der Waals surface area contributed by atoms with E-state index in [-0.39, 0.29) is 0 Å². The fraction of sp³-hybridized carbons (Fsp3) is 0. The van der Waals surface area contributed by atoms with Gasteiger partial charge in [0.15, 0.2) is 17.5 Å². The minimum absolute atomic E-state index is 0.659. The van der Waals surface area contributed by atoms with E-state index in [0.717, 1.165) is 32.8 Å². The summed E-state index contributed by atoms with van der Waals surface area (Å²) in [6.07, 6.45) is 0. The second-order valence-corrected chi connectivity index (χ2v) is 10.5. The van der Waals surface area contributed by atoms with Gasteiger partial charge in [-0.15, -0.1) is 0 Å². The van der Waals surface area contributed by atoms with Gasteiger partial charge in [0, 0.05) is 16.7 Å². The maximum atomic E-state index is 5.12. The zero-order valence-electron chi connectivity index (χ0n) is 22.8. The van der Waals surface area contributed by atoms with Crippen LogP contribution in [0.5, 0.6) is 0 Å². The summed E-state index contributed by atoms with van der Waals surface area (Å²) in [5.74, 6) is 1.98. The lowest BCUT2D eigenvalue weighted by atomic mass is 9.94. The Bertz CT molecular complexity index is 2250. The zero-order valence-corrected chi connectivity index (χ0v) is 22.8. The van der Waals surface area contributed by atoms with Crippen molar-refractivity contribution >= 4 is 32.3 Å². The molecule has 0 spiro atoms. The van der Waals surface area contributed by atoms with E-state index in [4.69, 9.17) is 15.0 Å². The molecule has 196 valence electrons. The third kappa shape index (κ3) is 4.20. The first-order chi connectivity index (χ1) is 20.8. The van der Waals surface area contributed by atoms with E-state index < -0.39 is 0 Å². The number of hydrogen-bond acceptors (Lipinski definition) is 3. The molecular formula is C39H25N3. The van der Waals surface area contributed by atoms with Gasteiger partial charge in [-0.3, -0.25) is 0 Å². The molecule has 1 heterocycles. The standard InChI is InChI=1S/C39H25N3/c1-2-13-28(14-3-1)37-40-38(35-21-8-16-27-12-6-7-17-31(27)35)42-39(41-37)36-22-10-19-33-32(18-9-20-34(33)36)30-24-23-26-11-4-5-15-29(26)25-30/h1-25H. The van der Waals surface area contributed by atoms with Gasteiger partial charge in [-0.05, 0) is 49.5 Å². The first kappa shape index (κ1) is 24.2. The number of rotatable bonds is 4. The molecule has 0 unspecified atom stereocenters. The number of aromatic nitrogens is 3. The molecule has 0 fully saturated rings. The van der Waals surface area contributed by atoms with Gasteiger partial charge in [0.25, 0.3) is 0 Å². The zero-order chi connectivity index (χ0) is 27.9. The van der Waals surface area contributed by atoms with E-state index in [0.29, 0.717) is 17.5 Å². The fourth-order valence-corrected chi connectivity index (χ4v) is 5.87. The van der Waals surface area contributed by atoms with Crippen LogP contribution in [0, 0.1) is 0 Å². The molecular weight excluding hydrogens is 510 g/mol. The van der Waals surface area contributed by atoms with Crippen LogP contribution in [0.2, 0.25) is 0 Å². The first-order valence-corrected chi connectivity index (χ1v) is 14.1. The fourth-order valence-electron chi connectivity index (χ4n) is 5.87. The average molecular weight is 536 g/mol. The van der Waals surface area contributed by atoms with Crippen LogP contribution in [0.1, 0.15) is 0 Å². The molecule has 0 saturated carbocycles. The van der Waals surface area contributed by atoms with E-state index in [1.54, 1.807) is 0 Å². The molecule has 1 aromatic heterocycles. The number of hydrogen-bond donors (Lipinski definition) is 0. The van der Waals surface area contributed by atoms with Crippen molar-refractivity contribution in [3.63, 3.8) is 0 Å². The smallest absolute Gasteiger partial charge is 0.164 e. The Kier molecular flexibility index (Phi) is 5.79. The van der Waals surface area contributed by atoms with Crippen LogP contribution >= 0.6 is 0 Å². The predicted octanol–water partition coefficient (Wildman–Crippen LogP) is 10.00. The largest absolute Gasteiger partial charge is 0.208 e. The highest BCUT2D eigenvalue weighted by Gasteiger charge is 2.16. The van der Waals surface area contributed by atoms with E-state index in [9.17, 15) is 0 Å². The lowest BCUT2D eigenvalue weighted by Crippen LogP contribution is -2.01. The molecule has 3 nitrogen and oxygen atoms in total. The van der Waals surface area contributed by atoms with Crippen LogP contribution < -0.4 is 0 Å². The molecule has 0 N–H and O–H groups in total. The Morgan fingerprint density at radius 3 is 1.60 bits per heavy atom. The van der Waals surface area contributed by atoms with E-state index >= 15 is 0 Å². The highest BCUT2D eigenvalue weighted by molar-refractivity contribution is 6.05. The van der Waals surface area contributed by atoms with Gasteiger partial charge in [-0.25, -0.2) is 15.0 Å². The van der Waals surface area contributed by atoms with Crippen LogP contribution in [0.25, 0.3) is 77.6 Å². The molecule has 0 aliphatic carbocycles. The SMILES string of the molecule is c1ccc(-c2nc(-c3cccc4ccccc34)nc(-c3cccc4c(-c5ccc6ccccc6c5)cccc34)n2)cc1. The Balaban J connectivity index is 1.36. The maximum Gasteiger partial charge on any atom is 0.164 e. The molecule has 0 radical (unpaired) electrons. The van der Waals surface area contributed by atoms with Crippen molar-refractivity contribution in [3.8, 4) is 45.3 Å². The van der Waals surface area contributed by atoms with Crippen molar-refractivity contribution in [1.29, 1.82) is 0 Å². The van der Waals surface area contributed by atoms with Crippen LogP contribution in [-0.2, 0) is 0 Å². The Morgan fingerprint density at radius 2 is 0.810 bits per heavy atom. The maximum absolute atomic E-state index is 5.12. The second kappa shape index (κ2) is 10.1. The monoisotopic (exact) mass is 535 g/mol. The third-order valence-electron chi connectivity index (χ3n) is 7.92. The van der Waals surface area contributed by atoms with Gasteiger partial charge >= 0.3 is 0 Å². The van der Waals surface area contributed by atoms with Crippen molar-refractivity contribution in [2.45, 2.75) is 0 Å². The molecule has 42 heavy (non-hydrogen) atoms. The summed E-state index contributed by atoms with van der Waals surface area (Å²) < 4.78 is 0. The molecule has 8 aromatic rings. The predicted molar refractivity (Wildman–Crippen MR) is 174 cm³/mol. The molecule has 0 aliphatic rings. The van der Waals surface area contributed by atoms with Gasteiger partial charge in [-0.2, -0.15) is 0 Å². The quantitative estimate of drug-likeness (QED) is 0.225. The number of nitrogens with zero attached hydrogens (tertiary/aromatic N) is 3. The van der Waals surface area contributed by atoms with Crippen LogP contribution in [0.4, 0.5) is 0 Å². The second-order valence-electron chi connectivity index (χ2n) is 10.5. The first-order valence-electron chi connectivity index (χ1n) is 14.1. The lowest BCUT2D eigenvalue weighted by molar-refractivity contribution is 1.08. The van der Waals surface area contributed by atoms with Gasteiger partial charge in [0.1, 0.15) is 0 Å². The summed E-state index contributed by atoms with van der Waals surface area (Å²) >= 11 is 0. The summed E-state index contributed by atoms with van der Waals surface area (Å²) in [4.78, 5) is 15.2. The molecule has 0 amide bonds. The summed E-state index contributed by atoms with van der Waals surface area (Å²) in [5.41, 5.74) is 5.31. The van der Waals surface area contributed by atoms with Gasteiger partial charge in [0.05, 0.1) is 0 Å². The van der Waals surface area contributed by atoms with E-state index in [1.807, 2.05) is 30.3 Å². The van der Waals surface area contributed by atoms with Crippen molar-refractivity contribution < 1.29 is 0 Å². The van der Waals surface area contributed by atoms with Crippen molar-refractivity contribution in [2.24, 2.45) is 0 Å². The van der Waals surface area contributed by atoms with Crippen LogP contribution in [0.3, 0.4) is 0 Å². The Morgan fingerprint density at radius 1 is 0.286 bits per heavy atom. The molecule has 0 atom stereocenters. The minimum Gasteiger partial charge on any atom is -0.208 e. The summed E-state index contributed by atoms with van der Waals surface area (Å²) in [5, 5.41) is 7.02. The van der Waals surface area contributed by atoms with Crippen molar-refractivity contribution in [1.82, 2.24) is 15.0 Å². The van der Waals surface area contributed by atoms with Crippen molar-refractivity contribution in [2.75, 3.05) is 0 Å². The normalized spacial score (nSPS) is 11.3. The average Bonchev–Trinajstić information content (AvgIpc) is 3.07. The molecule has 0 aliphatic heterocycles. The summed E-state index contributed by atoms with van der Waals surface area (Å²) in [6.45, 7) is 0. The van der Waals surface area contributed by atoms with E-state index in [2.05, 4.69) is 121 Å². The highest BCUT2D eigenvalue weighted by Crippen LogP contribution is 2.36. The molecule has 0 bridgehead atoms. The topological polar surface area (TPSA) is 38.7 Å². The Labute approximate surface area is 243 Å². The third-order valence-corrected chi connectivity index (χ3v) is 7.92. The highest BCUT2D eigenvalue weighted by atomic mass is 15.0. The van der Waals surface area contributed by atoms with Gasteiger partial charge < -0.3 is 0 Å². The summed E-state index contributed by atoms with van der Waals surface area (Å²) in [6, 6.07) is 52.9. The lowest BCUT2D eigenvalue weighted by Gasteiger charge is -2.13. The molecule has 0 saturated heterocycles. The van der Waals surface area contributed by atoms with Crippen LogP contribution in [0.15, 0.2) is 152 Å². The van der Waals surface area contributed by atoms with E-state index in [1.165, 1.54) is 27.3 Å². The minimum atomic E-state index is 0.659. The van der Waals surface area contributed by atoms with Crippen LogP contribution in [-0.4, -0.2) is 15.0 Å². The number of fused-ring (bicyclic) bond motifs is 3. The molecule has 8 rings (SSSR count). The summed E-state index contributed by atoms with van der Waals surface area (Å²) in [7, 11) is 0.